The van der Waals surface area contributed by atoms with Crippen molar-refractivity contribution < 1.29 is 4.74 Å². The predicted molar refractivity (Wildman–Crippen MR) is 82.3 cm³/mol. The Bertz CT molecular complexity index is 386. The number of likely N-dealkylation sites (tertiary alicyclic amines) is 1. The first-order chi connectivity index (χ1) is 8.74. The van der Waals surface area contributed by atoms with Gasteiger partial charge in [-0.1, -0.05) is 12.1 Å². The minimum absolute atomic E-state index is 0. The lowest BCUT2D eigenvalue weighted by Gasteiger charge is -2.37. The first-order valence-corrected chi connectivity index (χ1v) is 6.80. The molecule has 1 heterocycles. The Labute approximate surface area is 122 Å². The molecule has 108 valence electrons. The van der Waals surface area contributed by atoms with Gasteiger partial charge in [-0.3, -0.25) is 4.90 Å². The van der Waals surface area contributed by atoms with Crippen molar-refractivity contribution >= 4 is 12.4 Å². The molecule has 0 spiro atoms. The molecule has 2 atom stereocenters. The van der Waals surface area contributed by atoms with Gasteiger partial charge in [0.05, 0.1) is 7.11 Å². The van der Waals surface area contributed by atoms with E-state index in [0.29, 0.717) is 12.1 Å². The molecular formula is C15H25ClN2O. The van der Waals surface area contributed by atoms with Crippen LogP contribution < -0.4 is 10.1 Å². The van der Waals surface area contributed by atoms with E-state index in [-0.39, 0.29) is 12.4 Å². The second kappa shape index (κ2) is 7.73. The molecule has 1 aromatic carbocycles. The summed E-state index contributed by atoms with van der Waals surface area (Å²) >= 11 is 0. The molecule has 2 rings (SSSR count). The molecule has 1 N–H and O–H groups in total. The van der Waals surface area contributed by atoms with Gasteiger partial charge in [0.15, 0.2) is 0 Å². The predicted octanol–water partition coefficient (Wildman–Crippen LogP) is 2.86. The molecule has 0 aromatic heterocycles. The van der Waals surface area contributed by atoms with Crippen LogP contribution in [0.1, 0.15) is 31.4 Å². The van der Waals surface area contributed by atoms with E-state index < -0.39 is 0 Å². The van der Waals surface area contributed by atoms with Gasteiger partial charge in [0.2, 0.25) is 0 Å². The molecule has 3 nitrogen and oxygen atoms in total. The quantitative estimate of drug-likeness (QED) is 0.920. The molecule has 1 aromatic rings. The lowest BCUT2D eigenvalue weighted by atomic mass is 10.0. The summed E-state index contributed by atoms with van der Waals surface area (Å²) < 4.78 is 5.30. The topological polar surface area (TPSA) is 24.5 Å². The summed E-state index contributed by atoms with van der Waals surface area (Å²) in [5.41, 5.74) is 1.34. The van der Waals surface area contributed by atoms with E-state index >= 15 is 0 Å². The number of likely N-dealkylation sites (N-methyl/N-ethyl adjacent to an activating group) is 1. The number of piperidine rings is 1. The molecule has 19 heavy (non-hydrogen) atoms. The number of hydrogen-bond acceptors (Lipinski definition) is 3. The molecule has 0 radical (unpaired) electrons. The van der Waals surface area contributed by atoms with Gasteiger partial charge < -0.3 is 10.1 Å². The Balaban J connectivity index is 0.00000180. The van der Waals surface area contributed by atoms with Gasteiger partial charge in [0.1, 0.15) is 5.75 Å². The van der Waals surface area contributed by atoms with E-state index in [0.717, 1.165) is 12.3 Å². The van der Waals surface area contributed by atoms with Gasteiger partial charge in [0, 0.05) is 18.6 Å². The van der Waals surface area contributed by atoms with E-state index in [4.69, 9.17) is 4.74 Å². The van der Waals surface area contributed by atoms with Crippen LogP contribution in [-0.4, -0.2) is 38.2 Å². The van der Waals surface area contributed by atoms with Crippen molar-refractivity contribution in [2.45, 2.75) is 31.8 Å². The number of methoxy groups -OCH3 is 1. The highest BCUT2D eigenvalue weighted by Gasteiger charge is 2.23. The Morgan fingerprint density at radius 3 is 2.89 bits per heavy atom. The van der Waals surface area contributed by atoms with Gasteiger partial charge in [-0.15, -0.1) is 12.4 Å². The summed E-state index contributed by atoms with van der Waals surface area (Å²) in [5, 5.41) is 3.40. The maximum absolute atomic E-state index is 5.30. The average Bonchev–Trinajstić information content (AvgIpc) is 2.46. The number of benzene rings is 1. The standard InChI is InChI=1S/C15H24N2O.ClH/c1-12(13-6-4-8-15(10-13)18-3)17-9-5-7-14(11-17)16-2;/h4,6,8,10,12,14,16H,5,7,9,11H2,1-3H3;1H. The fourth-order valence-electron chi connectivity index (χ4n) is 2.71. The fraction of sp³-hybridized carbons (Fsp3) is 0.600. The third kappa shape index (κ3) is 4.10. The maximum Gasteiger partial charge on any atom is 0.119 e. The summed E-state index contributed by atoms with van der Waals surface area (Å²) in [6.45, 7) is 4.61. The second-order valence-corrected chi connectivity index (χ2v) is 5.08. The number of nitrogens with one attached hydrogen (secondary N) is 1. The third-order valence-corrected chi connectivity index (χ3v) is 3.98. The van der Waals surface area contributed by atoms with Gasteiger partial charge in [-0.05, 0) is 51.1 Å². The molecule has 1 fully saturated rings. The smallest absolute Gasteiger partial charge is 0.119 e. The average molecular weight is 285 g/mol. The summed E-state index contributed by atoms with van der Waals surface area (Å²) in [5.74, 6) is 0.946. The Morgan fingerprint density at radius 2 is 2.21 bits per heavy atom. The molecule has 1 aliphatic rings. The summed E-state index contributed by atoms with van der Waals surface area (Å²) in [4.78, 5) is 2.55. The van der Waals surface area contributed by atoms with Crippen molar-refractivity contribution in [1.29, 1.82) is 0 Å². The van der Waals surface area contributed by atoms with E-state index in [2.05, 4.69) is 42.4 Å². The lowest BCUT2D eigenvalue weighted by Crippen LogP contribution is -2.45. The molecular weight excluding hydrogens is 260 g/mol. The van der Waals surface area contributed by atoms with Crippen molar-refractivity contribution in [2.24, 2.45) is 0 Å². The first kappa shape index (κ1) is 16.3. The molecule has 0 saturated carbocycles. The molecule has 0 aliphatic carbocycles. The van der Waals surface area contributed by atoms with E-state index in [9.17, 15) is 0 Å². The largest absolute Gasteiger partial charge is 0.497 e. The van der Waals surface area contributed by atoms with Crippen LogP contribution in [-0.2, 0) is 0 Å². The van der Waals surface area contributed by atoms with E-state index in [1.807, 2.05) is 6.07 Å². The molecule has 4 heteroatoms. The lowest BCUT2D eigenvalue weighted by molar-refractivity contribution is 0.149. The van der Waals surface area contributed by atoms with Crippen LogP contribution in [0.2, 0.25) is 0 Å². The number of halogens is 1. The Kier molecular flexibility index (Phi) is 6.63. The summed E-state index contributed by atoms with van der Waals surface area (Å²) in [6.07, 6.45) is 2.57. The zero-order valence-corrected chi connectivity index (χ0v) is 12.9. The Morgan fingerprint density at radius 1 is 1.42 bits per heavy atom. The molecule has 1 saturated heterocycles. The van der Waals surface area contributed by atoms with Crippen LogP contribution in [0.15, 0.2) is 24.3 Å². The van der Waals surface area contributed by atoms with E-state index in [1.54, 1.807) is 7.11 Å². The summed E-state index contributed by atoms with van der Waals surface area (Å²) in [6, 6.07) is 9.50. The van der Waals surface area contributed by atoms with Crippen LogP contribution in [0.4, 0.5) is 0 Å². The highest BCUT2D eigenvalue weighted by Crippen LogP contribution is 2.26. The van der Waals surface area contributed by atoms with Crippen LogP contribution in [0.3, 0.4) is 0 Å². The SMILES string of the molecule is CNC1CCCN(C(C)c2cccc(OC)c2)C1.Cl. The van der Waals surface area contributed by atoms with Gasteiger partial charge in [-0.25, -0.2) is 0 Å². The monoisotopic (exact) mass is 284 g/mol. The van der Waals surface area contributed by atoms with Gasteiger partial charge >= 0.3 is 0 Å². The highest BCUT2D eigenvalue weighted by atomic mass is 35.5. The van der Waals surface area contributed by atoms with Crippen LogP contribution in [0.5, 0.6) is 5.75 Å². The zero-order valence-electron chi connectivity index (χ0n) is 12.1. The first-order valence-electron chi connectivity index (χ1n) is 6.80. The molecule has 2 unspecified atom stereocenters. The number of rotatable bonds is 4. The van der Waals surface area contributed by atoms with Crippen molar-refractivity contribution in [3.8, 4) is 5.75 Å². The van der Waals surface area contributed by atoms with Gasteiger partial charge in [0.25, 0.3) is 0 Å². The summed E-state index contributed by atoms with van der Waals surface area (Å²) in [7, 11) is 3.78. The molecule has 1 aliphatic heterocycles. The minimum atomic E-state index is 0. The zero-order chi connectivity index (χ0) is 13.0. The second-order valence-electron chi connectivity index (χ2n) is 5.08. The van der Waals surface area contributed by atoms with Crippen LogP contribution in [0.25, 0.3) is 0 Å². The normalized spacial score (nSPS) is 21.5. The van der Waals surface area contributed by atoms with E-state index in [1.165, 1.54) is 24.9 Å². The molecule has 0 amide bonds. The number of nitrogens with zero attached hydrogens (tertiary/aromatic N) is 1. The molecule has 0 bridgehead atoms. The maximum atomic E-state index is 5.30. The third-order valence-electron chi connectivity index (χ3n) is 3.98. The van der Waals surface area contributed by atoms with Crippen molar-refractivity contribution in [3.05, 3.63) is 29.8 Å². The van der Waals surface area contributed by atoms with Gasteiger partial charge in [-0.2, -0.15) is 0 Å². The van der Waals surface area contributed by atoms with Crippen LogP contribution in [0, 0.1) is 0 Å². The highest BCUT2D eigenvalue weighted by molar-refractivity contribution is 5.85. The van der Waals surface area contributed by atoms with Crippen molar-refractivity contribution in [2.75, 3.05) is 27.2 Å². The number of ether oxygens (including phenoxy) is 1. The minimum Gasteiger partial charge on any atom is -0.497 e. The van der Waals surface area contributed by atoms with Crippen molar-refractivity contribution in [1.82, 2.24) is 10.2 Å². The Hall–Kier alpha value is -0.770. The van der Waals surface area contributed by atoms with Crippen molar-refractivity contribution in [3.63, 3.8) is 0 Å². The van der Waals surface area contributed by atoms with Crippen LogP contribution >= 0.6 is 12.4 Å². The number of hydrogen-bond donors (Lipinski definition) is 1. The fourth-order valence-corrected chi connectivity index (χ4v) is 2.71.